The maximum atomic E-state index is 13.5. The molecule has 1 saturated heterocycles. The van der Waals surface area contributed by atoms with Crippen molar-refractivity contribution in [3.8, 4) is 0 Å². The highest BCUT2D eigenvalue weighted by Gasteiger charge is 2.21. The van der Waals surface area contributed by atoms with E-state index < -0.39 is 17.5 Å². The molecule has 0 bridgehead atoms. The zero-order valence-corrected chi connectivity index (χ0v) is 12.9. The lowest BCUT2D eigenvalue weighted by molar-refractivity contribution is -0.117. The fraction of sp³-hybridized carbons (Fsp3) is 0.222. The molecule has 0 aliphatic carbocycles. The molecule has 0 radical (unpaired) electrons. The molecular formula is C18H16F2N2O2. The minimum atomic E-state index is -0.814. The first-order chi connectivity index (χ1) is 11.5. The van der Waals surface area contributed by atoms with Crippen molar-refractivity contribution in [2.75, 3.05) is 16.8 Å². The van der Waals surface area contributed by atoms with Gasteiger partial charge in [-0.3, -0.25) is 9.59 Å². The van der Waals surface area contributed by atoms with Gasteiger partial charge < -0.3 is 10.2 Å². The third kappa shape index (κ3) is 3.59. The van der Waals surface area contributed by atoms with E-state index in [0.717, 1.165) is 29.8 Å². The lowest BCUT2D eigenvalue weighted by Gasteiger charge is -2.15. The van der Waals surface area contributed by atoms with Gasteiger partial charge in [0.05, 0.1) is 12.1 Å². The van der Waals surface area contributed by atoms with Crippen LogP contribution in [0.25, 0.3) is 0 Å². The monoisotopic (exact) mass is 330 g/mol. The van der Waals surface area contributed by atoms with Crippen molar-refractivity contribution in [1.29, 1.82) is 0 Å². The Hall–Kier alpha value is -2.76. The Bertz CT molecular complexity index is 775. The summed E-state index contributed by atoms with van der Waals surface area (Å²) in [5.41, 5.74) is 1.50. The summed E-state index contributed by atoms with van der Waals surface area (Å²) in [5.74, 6) is -1.80. The van der Waals surface area contributed by atoms with E-state index in [2.05, 4.69) is 5.32 Å². The molecule has 0 atom stereocenters. The molecule has 6 heteroatoms. The van der Waals surface area contributed by atoms with E-state index in [1.165, 1.54) is 6.07 Å². The predicted octanol–water partition coefficient (Wildman–Crippen LogP) is 3.27. The van der Waals surface area contributed by atoms with Crippen LogP contribution in [-0.4, -0.2) is 18.4 Å². The zero-order chi connectivity index (χ0) is 17.1. The standard InChI is InChI=1S/C18H16F2N2O2/c19-13-5-8-16(15(20)11-13)21-17(23)10-12-3-6-14(7-4-12)22-9-1-2-18(22)24/h3-8,11H,1-2,9-10H2,(H,21,23). The summed E-state index contributed by atoms with van der Waals surface area (Å²) >= 11 is 0. The van der Waals surface area contributed by atoms with Gasteiger partial charge in [-0.05, 0) is 36.2 Å². The molecule has 1 aliphatic rings. The number of halogens is 2. The van der Waals surface area contributed by atoms with E-state index >= 15 is 0 Å². The number of nitrogens with one attached hydrogen (secondary N) is 1. The highest BCUT2D eigenvalue weighted by molar-refractivity contribution is 5.95. The number of rotatable bonds is 4. The summed E-state index contributed by atoms with van der Waals surface area (Å²) in [7, 11) is 0. The van der Waals surface area contributed by atoms with Gasteiger partial charge in [0, 0.05) is 24.7 Å². The Morgan fingerprint density at radius 3 is 2.50 bits per heavy atom. The van der Waals surface area contributed by atoms with Crippen molar-refractivity contribution in [1.82, 2.24) is 0 Å². The van der Waals surface area contributed by atoms with E-state index in [9.17, 15) is 18.4 Å². The van der Waals surface area contributed by atoms with Crippen LogP contribution in [0.3, 0.4) is 0 Å². The Kier molecular flexibility index (Phi) is 4.55. The molecule has 124 valence electrons. The third-order valence-electron chi connectivity index (χ3n) is 3.89. The van der Waals surface area contributed by atoms with Crippen LogP contribution in [-0.2, 0) is 16.0 Å². The molecule has 1 fully saturated rings. The Morgan fingerprint density at radius 2 is 1.88 bits per heavy atom. The molecule has 1 aliphatic heterocycles. The van der Waals surface area contributed by atoms with Crippen molar-refractivity contribution >= 4 is 23.2 Å². The highest BCUT2D eigenvalue weighted by atomic mass is 19.1. The topological polar surface area (TPSA) is 49.4 Å². The second-order valence-electron chi connectivity index (χ2n) is 5.66. The van der Waals surface area contributed by atoms with Gasteiger partial charge in [-0.2, -0.15) is 0 Å². The number of benzene rings is 2. The molecule has 1 N–H and O–H groups in total. The molecule has 0 saturated carbocycles. The molecule has 0 spiro atoms. The SMILES string of the molecule is O=C(Cc1ccc(N2CCCC2=O)cc1)Nc1ccc(F)cc1F. The summed E-state index contributed by atoms with van der Waals surface area (Å²) in [5, 5.41) is 2.42. The van der Waals surface area contributed by atoms with Crippen LogP contribution in [0, 0.1) is 11.6 Å². The van der Waals surface area contributed by atoms with Gasteiger partial charge in [-0.25, -0.2) is 8.78 Å². The summed E-state index contributed by atoms with van der Waals surface area (Å²) in [6.45, 7) is 0.711. The first-order valence-electron chi connectivity index (χ1n) is 7.67. The predicted molar refractivity (Wildman–Crippen MR) is 86.7 cm³/mol. The van der Waals surface area contributed by atoms with E-state index in [1.807, 2.05) is 0 Å². The van der Waals surface area contributed by atoms with Gasteiger partial charge in [0.2, 0.25) is 11.8 Å². The van der Waals surface area contributed by atoms with Gasteiger partial charge in [-0.1, -0.05) is 12.1 Å². The first kappa shape index (κ1) is 16.1. The molecule has 2 amide bonds. The second kappa shape index (κ2) is 6.78. The minimum absolute atomic E-state index is 0.0549. The Morgan fingerprint density at radius 1 is 1.12 bits per heavy atom. The first-order valence-corrected chi connectivity index (χ1v) is 7.67. The number of hydrogen-bond donors (Lipinski definition) is 1. The fourth-order valence-corrected chi connectivity index (χ4v) is 2.69. The molecule has 3 rings (SSSR count). The Balaban J connectivity index is 1.63. The van der Waals surface area contributed by atoms with Crippen LogP contribution < -0.4 is 10.2 Å². The Labute approximate surface area is 138 Å². The lowest BCUT2D eigenvalue weighted by Crippen LogP contribution is -2.23. The van der Waals surface area contributed by atoms with E-state index in [1.54, 1.807) is 29.2 Å². The summed E-state index contributed by atoms with van der Waals surface area (Å²) < 4.78 is 26.4. The van der Waals surface area contributed by atoms with Crippen LogP contribution in [0.2, 0.25) is 0 Å². The van der Waals surface area contributed by atoms with E-state index in [4.69, 9.17) is 0 Å². The number of carbonyl (C=O) groups is 2. The molecule has 0 aromatic heterocycles. The van der Waals surface area contributed by atoms with Gasteiger partial charge in [0.15, 0.2) is 0 Å². The number of amides is 2. The number of anilines is 2. The van der Waals surface area contributed by atoms with Gasteiger partial charge >= 0.3 is 0 Å². The van der Waals surface area contributed by atoms with E-state index in [-0.39, 0.29) is 18.0 Å². The average molecular weight is 330 g/mol. The van der Waals surface area contributed by atoms with Crippen LogP contribution in [0.15, 0.2) is 42.5 Å². The number of nitrogens with zero attached hydrogens (tertiary/aromatic N) is 1. The molecular weight excluding hydrogens is 314 g/mol. The number of carbonyl (C=O) groups excluding carboxylic acids is 2. The molecule has 0 unspecified atom stereocenters. The summed E-state index contributed by atoms with van der Waals surface area (Å²) in [4.78, 5) is 25.4. The van der Waals surface area contributed by atoms with Crippen LogP contribution >= 0.6 is 0 Å². The van der Waals surface area contributed by atoms with Crippen molar-refractivity contribution in [2.24, 2.45) is 0 Å². The van der Waals surface area contributed by atoms with Crippen LogP contribution in [0.1, 0.15) is 18.4 Å². The second-order valence-corrected chi connectivity index (χ2v) is 5.66. The van der Waals surface area contributed by atoms with Gasteiger partial charge in [-0.15, -0.1) is 0 Å². The summed E-state index contributed by atoms with van der Waals surface area (Å²) in [6.07, 6.45) is 1.48. The van der Waals surface area contributed by atoms with E-state index in [0.29, 0.717) is 13.0 Å². The fourth-order valence-electron chi connectivity index (χ4n) is 2.69. The maximum absolute atomic E-state index is 13.5. The van der Waals surface area contributed by atoms with Crippen molar-refractivity contribution < 1.29 is 18.4 Å². The molecule has 4 nitrogen and oxygen atoms in total. The third-order valence-corrected chi connectivity index (χ3v) is 3.89. The largest absolute Gasteiger partial charge is 0.323 e. The zero-order valence-electron chi connectivity index (χ0n) is 12.9. The smallest absolute Gasteiger partial charge is 0.228 e. The normalized spacial score (nSPS) is 14.1. The maximum Gasteiger partial charge on any atom is 0.228 e. The quantitative estimate of drug-likeness (QED) is 0.935. The van der Waals surface area contributed by atoms with Crippen molar-refractivity contribution in [3.05, 3.63) is 59.7 Å². The molecule has 24 heavy (non-hydrogen) atoms. The van der Waals surface area contributed by atoms with Gasteiger partial charge in [0.1, 0.15) is 11.6 Å². The molecule has 2 aromatic rings. The summed E-state index contributed by atoms with van der Waals surface area (Å²) in [6, 6.07) is 10.1. The highest BCUT2D eigenvalue weighted by Crippen LogP contribution is 2.22. The average Bonchev–Trinajstić information content (AvgIpc) is 2.97. The van der Waals surface area contributed by atoms with Crippen molar-refractivity contribution in [3.63, 3.8) is 0 Å². The van der Waals surface area contributed by atoms with Gasteiger partial charge in [0.25, 0.3) is 0 Å². The lowest BCUT2D eigenvalue weighted by atomic mass is 10.1. The van der Waals surface area contributed by atoms with Crippen LogP contribution in [0.5, 0.6) is 0 Å². The van der Waals surface area contributed by atoms with Crippen LogP contribution in [0.4, 0.5) is 20.2 Å². The molecule has 2 aromatic carbocycles. The molecule has 1 heterocycles. The number of hydrogen-bond acceptors (Lipinski definition) is 2. The van der Waals surface area contributed by atoms with Crippen molar-refractivity contribution in [2.45, 2.75) is 19.3 Å². The minimum Gasteiger partial charge on any atom is -0.323 e.